The molecule has 2 rings (SSSR count). The van der Waals surface area contributed by atoms with Crippen molar-refractivity contribution in [3.05, 3.63) is 71.3 Å². The fraction of sp³-hybridized carbons (Fsp3) is 0.318. The molecule has 0 radical (unpaired) electrons. The maximum atomic E-state index is 13.1. The van der Waals surface area contributed by atoms with Crippen molar-refractivity contribution in [2.24, 2.45) is 0 Å². The van der Waals surface area contributed by atoms with Crippen LogP contribution in [0.2, 0.25) is 0 Å². The van der Waals surface area contributed by atoms with E-state index in [4.69, 9.17) is 9.47 Å². The number of methoxy groups -OCH3 is 2. The second kappa shape index (κ2) is 10.3. The summed E-state index contributed by atoms with van der Waals surface area (Å²) in [6.07, 6.45) is -0.652. The highest BCUT2D eigenvalue weighted by Gasteiger charge is 2.33. The first-order valence-electron chi connectivity index (χ1n) is 9.24. The molecule has 2 aromatic carbocycles. The fourth-order valence-corrected chi connectivity index (χ4v) is 2.95. The number of rotatable bonds is 7. The van der Waals surface area contributed by atoms with Gasteiger partial charge in [-0.1, -0.05) is 42.5 Å². The Kier molecular flexibility index (Phi) is 7.77. The van der Waals surface area contributed by atoms with Gasteiger partial charge in [0.05, 0.1) is 26.3 Å². The van der Waals surface area contributed by atoms with Gasteiger partial charge >= 0.3 is 12.1 Å². The molecule has 2 aromatic rings. The molecule has 0 fully saturated rings. The van der Waals surface area contributed by atoms with Crippen LogP contribution in [0.15, 0.2) is 54.6 Å². The molecule has 0 aliphatic carbocycles. The van der Waals surface area contributed by atoms with Gasteiger partial charge in [0.25, 0.3) is 0 Å². The Morgan fingerprint density at radius 3 is 2.24 bits per heavy atom. The lowest BCUT2D eigenvalue weighted by Crippen LogP contribution is -2.45. The molecule has 0 spiro atoms. The highest BCUT2D eigenvalue weighted by Crippen LogP contribution is 2.26. The molecular formula is C22H26N2O5. The number of nitrogens with zero attached hydrogens (tertiary/aromatic N) is 1. The molecule has 1 atom stereocenters. The Labute approximate surface area is 170 Å². The van der Waals surface area contributed by atoms with Crippen LogP contribution in [0.4, 0.5) is 4.79 Å². The lowest BCUT2D eigenvalue weighted by Gasteiger charge is -2.31. The quantitative estimate of drug-likeness (QED) is 0.724. The molecule has 2 amide bonds. The summed E-state index contributed by atoms with van der Waals surface area (Å²) in [6, 6.07) is 14.7. The van der Waals surface area contributed by atoms with Crippen LogP contribution in [0, 0.1) is 0 Å². The summed E-state index contributed by atoms with van der Waals surface area (Å²) in [5.74, 6) is -0.897. The summed E-state index contributed by atoms with van der Waals surface area (Å²) in [5, 5.41) is 2.84. The summed E-state index contributed by atoms with van der Waals surface area (Å²) in [6.45, 7) is 3.82. The van der Waals surface area contributed by atoms with Crippen LogP contribution in [0.1, 0.15) is 41.4 Å². The smallest absolute Gasteiger partial charge is 0.410 e. The number of carbonyl (C=O) groups is 3. The van der Waals surface area contributed by atoms with Gasteiger partial charge in [0, 0.05) is 6.04 Å². The van der Waals surface area contributed by atoms with Crippen LogP contribution in [0.25, 0.3) is 0 Å². The molecule has 154 valence electrons. The zero-order valence-corrected chi connectivity index (χ0v) is 17.0. The van der Waals surface area contributed by atoms with Crippen LogP contribution < -0.4 is 5.32 Å². The predicted molar refractivity (Wildman–Crippen MR) is 108 cm³/mol. The third-order valence-corrected chi connectivity index (χ3v) is 4.22. The maximum Gasteiger partial charge on any atom is 0.410 e. The summed E-state index contributed by atoms with van der Waals surface area (Å²) in [4.78, 5) is 39.0. The first-order valence-corrected chi connectivity index (χ1v) is 9.24. The van der Waals surface area contributed by atoms with Crippen LogP contribution in [-0.2, 0) is 20.8 Å². The second-order valence-electron chi connectivity index (χ2n) is 6.77. The zero-order valence-electron chi connectivity index (χ0n) is 17.0. The average Bonchev–Trinajstić information content (AvgIpc) is 2.72. The van der Waals surface area contributed by atoms with Crippen molar-refractivity contribution < 1.29 is 23.9 Å². The standard InChI is InChI=1S/C22H26N2O5/c1-15(2)23-20(25)19(17-11-8-12-18(13-17)21(26)28-3)24(22(27)29-4)14-16-9-6-5-7-10-16/h5-13,15,19H,14H2,1-4H3,(H,23,25). The van der Waals surface area contributed by atoms with Crippen LogP contribution in [-0.4, -0.2) is 43.1 Å². The maximum absolute atomic E-state index is 13.1. The highest BCUT2D eigenvalue weighted by molar-refractivity contribution is 5.91. The van der Waals surface area contributed by atoms with E-state index in [9.17, 15) is 14.4 Å². The highest BCUT2D eigenvalue weighted by atomic mass is 16.5. The van der Waals surface area contributed by atoms with Crippen molar-refractivity contribution in [2.45, 2.75) is 32.5 Å². The van der Waals surface area contributed by atoms with E-state index in [2.05, 4.69) is 5.32 Å². The molecule has 1 unspecified atom stereocenters. The van der Waals surface area contributed by atoms with Gasteiger partial charge in [-0.05, 0) is 37.1 Å². The van der Waals surface area contributed by atoms with Crippen LogP contribution in [0.3, 0.4) is 0 Å². The van der Waals surface area contributed by atoms with Crippen LogP contribution >= 0.6 is 0 Å². The summed E-state index contributed by atoms with van der Waals surface area (Å²) in [5.41, 5.74) is 1.61. The summed E-state index contributed by atoms with van der Waals surface area (Å²) >= 11 is 0. The second-order valence-corrected chi connectivity index (χ2v) is 6.77. The van der Waals surface area contributed by atoms with Gasteiger partial charge in [-0.25, -0.2) is 9.59 Å². The third-order valence-electron chi connectivity index (χ3n) is 4.22. The lowest BCUT2D eigenvalue weighted by molar-refractivity contribution is -0.126. The van der Waals surface area contributed by atoms with E-state index in [0.717, 1.165) is 5.56 Å². The van der Waals surface area contributed by atoms with E-state index in [0.29, 0.717) is 5.56 Å². The number of hydrogen-bond donors (Lipinski definition) is 1. The fourth-order valence-electron chi connectivity index (χ4n) is 2.95. The van der Waals surface area contributed by atoms with E-state index in [1.807, 2.05) is 44.2 Å². The molecule has 7 heteroatoms. The third kappa shape index (κ3) is 5.81. The van der Waals surface area contributed by atoms with Crippen molar-refractivity contribution in [3.8, 4) is 0 Å². The Morgan fingerprint density at radius 2 is 1.66 bits per heavy atom. The monoisotopic (exact) mass is 398 g/mol. The van der Waals surface area contributed by atoms with Gasteiger partial charge in [-0.3, -0.25) is 9.69 Å². The number of esters is 1. The molecular weight excluding hydrogens is 372 g/mol. The van der Waals surface area contributed by atoms with Gasteiger partial charge in [0.2, 0.25) is 5.91 Å². The molecule has 1 N–H and O–H groups in total. The topological polar surface area (TPSA) is 84.9 Å². The normalized spacial score (nSPS) is 11.5. The SMILES string of the molecule is COC(=O)c1cccc(C(C(=O)NC(C)C)N(Cc2ccccc2)C(=O)OC)c1. The number of benzene rings is 2. The van der Waals surface area contributed by atoms with Crippen LogP contribution in [0.5, 0.6) is 0 Å². The average molecular weight is 398 g/mol. The molecule has 0 bridgehead atoms. The summed E-state index contributed by atoms with van der Waals surface area (Å²) < 4.78 is 9.73. The van der Waals surface area contributed by atoms with E-state index in [1.165, 1.54) is 19.1 Å². The van der Waals surface area contributed by atoms with Crippen molar-refractivity contribution in [2.75, 3.05) is 14.2 Å². The Balaban J connectivity index is 2.52. The van der Waals surface area contributed by atoms with Crippen molar-refractivity contribution in [1.29, 1.82) is 0 Å². The molecule has 0 heterocycles. The molecule has 29 heavy (non-hydrogen) atoms. The molecule has 0 aliphatic rings. The lowest BCUT2D eigenvalue weighted by atomic mass is 10.0. The van der Waals surface area contributed by atoms with Crippen molar-refractivity contribution >= 4 is 18.0 Å². The number of amides is 2. The molecule has 0 saturated heterocycles. The Hall–Kier alpha value is -3.35. The number of carbonyl (C=O) groups excluding carboxylic acids is 3. The molecule has 0 aromatic heterocycles. The largest absolute Gasteiger partial charge is 0.465 e. The minimum atomic E-state index is -0.991. The Bertz CT molecular complexity index is 851. The predicted octanol–water partition coefficient (Wildman–Crippen LogP) is 3.31. The first-order chi connectivity index (χ1) is 13.9. The zero-order chi connectivity index (χ0) is 21.4. The molecule has 0 aliphatic heterocycles. The number of hydrogen-bond acceptors (Lipinski definition) is 5. The van der Waals surface area contributed by atoms with Gasteiger partial charge in [-0.2, -0.15) is 0 Å². The minimum Gasteiger partial charge on any atom is -0.465 e. The van der Waals surface area contributed by atoms with E-state index >= 15 is 0 Å². The Morgan fingerprint density at radius 1 is 0.966 bits per heavy atom. The van der Waals surface area contributed by atoms with E-state index in [-0.39, 0.29) is 24.1 Å². The first kappa shape index (κ1) is 21.9. The summed E-state index contributed by atoms with van der Waals surface area (Å²) in [7, 11) is 2.55. The van der Waals surface area contributed by atoms with E-state index in [1.54, 1.807) is 24.3 Å². The molecule has 0 saturated carbocycles. The number of ether oxygens (including phenoxy) is 2. The van der Waals surface area contributed by atoms with E-state index < -0.39 is 18.1 Å². The van der Waals surface area contributed by atoms with Gasteiger partial charge in [0.15, 0.2) is 0 Å². The van der Waals surface area contributed by atoms with Crippen molar-refractivity contribution in [3.63, 3.8) is 0 Å². The minimum absolute atomic E-state index is 0.134. The molecule has 7 nitrogen and oxygen atoms in total. The van der Waals surface area contributed by atoms with Gasteiger partial charge in [-0.15, -0.1) is 0 Å². The van der Waals surface area contributed by atoms with Gasteiger partial charge in [0.1, 0.15) is 6.04 Å². The van der Waals surface area contributed by atoms with Gasteiger partial charge < -0.3 is 14.8 Å². The number of nitrogens with one attached hydrogen (secondary N) is 1. The van der Waals surface area contributed by atoms with Crippen molar-refractivity contribution in [1.82, 2.24) is 10.2 Å².